The molecule has 0 N–H and O–H groups in total. The predicted molar refractivity (Wildman–Crippen MR) is 260 cm³/mol. The lowest BCUT2D eigenvalue weighted by atomic mass is 9.70. The van der Waals surface area contributed by atoms with Gasteiger partial charge in [0.25, 0.3) is 0 Å². The van der Waals surface area contributed by atoms with Gasteiger partial charge in [-0.2, -0.15) is 0 Å². The van der Waals surface area contributed by atoms with E-state index in [1.54, 1.807) is 0 Å². The van der Waals surface area contributed by atoms with Crippen molar-refractivity contribution in [3.8, 4) is 44.6 Å². The average molecular weight is 805 g/mol. The van der Waals surface area contributed by atoms with Gasteiger partial charge in [0.15, 0.2) is 0 Å². The maximum absolute atomic E-state index is 5.69. The van der Waals surface area contributed by atoms with Gasteiger partial charge in [0, 0.05) is 33.5 Å². The van der Waals surface area contributed by atoms with Crippen molar-refractivity contribution >= 4 is 56.4 Å². The normalized spacial score (nSPS) is 13.1. The summed E-state index contributed by atoms with van der Waals surface area (Å²) in [5.74, 6) is 0. The molecule has 2 aliphatic rings. The lowest BCUT2D eigenvalue weighted by molar-refractivity contribution is 0.795. The van der Waals surface area contributed by atoms with Gasteiger partial charge in [-0.05, 0) is 122 Å². The smallest absolute Gasteiger partial charge is 0.0788 e. The molecular weight excluding hydrogens is 768 g/mol. The number of hydrogen-bond acceptors (Lipinski definition) is 2. The highest BCUT2D eigenvalue weighted by Gasteiger charge is 2.51. The molecule has 2 aliphatic carbocycles. The van der Waals surface area contributed by atoms with Gasteiger partial charge in [0.05, 0.1) is 22.1 Å². The summed E-state index contributed by atoms with van der Waals surface area (Å²) in [7, 11) is -0.935. The minimum atomic E-state index is -0.935. The minimum absolute atomic E-state index is 0.465. The van der Waals surface area contributed by atoms with Crippen LogP contribution < -0.4 is 15.9 Å². The van der Waals surface area contributed by atoms with Crippen molar-refractivity contribution in [1.82, 2.24) is 9.97 Å². The molecule has 0 bridgehead atoms. The van der Waals surface area contributed by atoms with Crippen LogP contribution in [-0.4, -0.2) is 9.97 Å². The fourth-order valence-electron chi connectivity index (χ4n) is 10.7. The van der Waals surface area contributed by atoms with E-state index in [-0.39, 0.29) is 0 Å². The Balaban J connectivity index is 1.15. The van der Waals surface area contributed by atoms with Gasteiger partial charge in [0.1, 0.15) is 0 Å². The van der Waals surface area contributed by atoms with Crippen molar-refractivity contribution < 1.29 is 0 Å². The molecule has 0 atom stereocenters. The van der Waals surface area contributed by atoms with Crippen LogP contribution >= 0.6 is 7.92 Å². The summed E-state index contributed by atoms with van der Waals surface area (Å²) in [4.78, 5) is 10.7. The van der Waals surface area contributed by atoms with Gasteiger partial charge >= 0.3 is 0 Å². The van der Waals surface area contributed by atoms with E-state index in [9.17, 15) is 0 Å². The first-order chi connectivity index (χ1) is 30.8. The lowest BCUT2D eigenvalue weighted by Crippen LogP contribution is -2.25. The van der Waals surface area contributed by atoms with E-state index in [0.29, 0.717) is 0 Å². The molecule has 0 unspecified atom stereocenters. The molecule has 0 saturated heterocycles. The average Bonchev–Trinajstić information content (AvgIpc) is 3.80. The van der Waals surface area contributed by atoms with Crippen molar-refractivity contribution in [3.05, 3.63) is 247 Å². The van der Waals surface area contributed by atoms with Crippen LogP contribution in [0.2, 0.25) is 0 Å². The van der Waals surface area contributed by atoms with Gasteiger partial charge in [-0.1, -0.05) is 176 Å². The number of para-hydroxylation sites is 2. The Morgan fingerprint density at radius 2 is 0.919 bits per heavy atom. The number of aromatic nitrogens is 2. The molecule has 288 valence electrons. The molecule has 0 amide bonds. The second-order valence-electron chi connectivity index (χ2n) is 16.5. The minimum Gasteiger partial charge on any atom is -0.256 e. The Kier molecular flexibility index (Phi) is 7.83. The molecule has 2 aromatic heterocycles. The molecule has 2 heterocycles. The van der Waals surface area contributed by atoms with Gasteiger partial charge in [-0.25, -0.2) is 4.98 Å². The van der Waals surface area contributed by atoms with E-state index in [1.165, 1.54) is 65.8 Å². The van der Waals surface area contributed by atoms with Crippen LogP contribution in [0.25, 0.3) is 77.2 Å². The first-order valence-electron chi connectivity index (χ1n) is 21.3. The van der Waals surface area contributed by atoms with Crippen LogP contribution in [0.15, 0.2) is 225 Å². The van der Waals surface area contributed by atoms with Crippen LogP contribution in [-0.2, 0) is 5.41 Å². The van der Waals surface area contributed by atoms with Gasteiger partial charge in [-0.15, -0.1) is 0 Å². The van der Waals surface area contributed by atoms with Crippen LogP contribution in [0.3, 0.4) is 0 Å². The number of hydrogen-bond donors (Lipinski definition) is 0. The quantitative estimate of drug-likeness (QED) is 0.128. The third kappa shape index (κ3) is 5.08. The number of nitrogens with zero attached hydrogens (tertiary/aromatic N) is 2. The van der Waals surface area contributed by atoms with Crippen molar-refractivity contribution in [1.29, 1.82) is 0 Å². The van der Waals surface area contributed by atoms with Crippen molar-refractivity contribution in [2.45, 2.75) is 5.41 Å². The lowest BCUT2D eigenvalue weighted by Gasteiger charge is -2.30. The van der Waals surface area contributed by atoms with Gasteiger partial charge < -0.3 is 0 Å². The summed E-state index contributed by atoms with van der Waals surface area (Å²) in [6, 6.07) is 80.8. The molecule has 0 fully saturated rings. The highest BCUT2D eigenvalue weighted by atomic mass is 31.1. The Bertz CT molecular complexity index is 3510. The summed E-state index contributed by atoms with van der Waals surface area (Å²) in [5.41, 5.74) is 16.4. The van der Waals surface area contributed by atoms with Gasteiger partial charge in [0.2, 0.25) is 0 Å². The predicted octanol–water partition coefficient (Wildman–Crippen LogP) is 13.4. The third-order valence-electron chi connectivity index (χ3n) is 13.2. The van der Waals surface area contributed by atoms with E-state index >= 15 is 0 Å². The highest BCUT2D eigenvalue weighted by molar-refractivity contribution is 7.79. The monoisotopic (exact) mass is 804 g/mol. The SMILES string of the molecule is c1ccc(P(c2ccccc2)c2cc(-c3nc4ccccc4c4cc5c(cc34)C3(c4ccccc4-c4ccccc43)c3ccccc3-5)cc(-c3cccc4cccnc34)c2)cc1. The molecule has 62 heavy (non-hydrogen) atoms. The van der Waals surface area contributed by atoms with Crippen LogP contribution in [0.1, 0.15) is 22.3 Å². The Morgan fingerprint density at radius 1 is 0.355 bits per heavy atom. The number of fused-ring (bicyclic) bond motifs is 14. The molecule has 13 rings (SSSR count). The molecule has 11 aromatic rings. The summed E-state index contributed by atoms with van der Waals surface area (Å²) in [5, 5.41) is 8.52. The number of rotatable bonds is 5. The maximum Gasteiger partial charge on any atom is 0.0788 e. The fourth-order valence-corrected chi connectivity index (χ4v) is 13.1. The van der Waals surface area contributed by atoms with Crippen LogP contribution in [0, 0.1) is 0 Å². The fraction of sp³-hybridized carbons (Fsp3) is 0.0169. The number of benzene rings is 9. The van der Waals surface area contributed by atoms with Crippen LogP contribution in [0.4, 0.5) is 0 Å². The zero-order chi connectivity index (χ0) is 40.8. The molecular formula is C59H37N2P. The van der Waals surface area contributed by atoms with Crippen LogP contribution in [0.5, 0.6) is 0 Å². The molecule has 0 radical (unpaired) electrons. The second kappa shape index (κ2) is 13.8. The second-order valence-corrected chi connectivity index (χ2v) is 18.7. The zero-order valence-electron chi connectivity index (χ0n) is 33.7. The topological polar surface area (TPSA) is 25.8 Å². The maximum atomic E-state index is 5.69. The van der Waals surface area contributed by atoms with E-state index in [1.807, 2.05) is 12.3 Å². The van der Waals surface area contributed by atoms with Gasteiger partial charge in [-0.3, -0.25) is 4.98 Å². The third-order valence-corrected chi connectivity index (χ3v) is 15.6. The summed E-state index contributed by atoms with van der Waals surface area (Å²) in [6.45, 7) is 0. The first-order valence-corrected chi connectivity index (χ1v) is 22.7. The Labute approximate surface area is 361 Å². The standard InChI is InChI=1S/C59H37N2P/c1-3-19-41(20-4-1)62(42-21-5-2-6-22-42)43-34-39(44-27-15-17-38-18-16-32-60-57(38)44)33-40(35-43)58-51-37-55-50(36-49(51)48-26-10-14-31-56(48)61-58)47-25-9-13-30-54(47)59(55)52-28-11-7-23-45(52)46-24-8-12-29-53(46)59/h1-37H. The van der Waals surface area contributed by atoms with Crippen molar-refractivity contribution in [2.75, 3.05) is 0 Å². The molecule has 0 saturated carbocycles. The van der Waals surface area contributed by atoms with Crippen molar-refractivity contribution in [2.24, 2.45) is 0 Å². The van der Waals surface area contributed by atoms with Crippen molar-refractivity contribution in [3.63, 3.8) is 0 Å². The summed E-state index contributed by atoms with van der Waals surface area (Å²) < 4.78 is 0. The van der Waals surface area contributed by atoms with E-state index in [0.717, 1.165) is 49.6 Å². The summed E-state index contributed by atoms with van der Waals surface area (Å²) in [6.07, 6.45) is 1.91. The van der Waals surface area contributed by atoms with E-state index < -0.39 is 13.3 Å². The number of pyridine rings is 2. The van der Waals surface area contributed by atoms with E-state index in [2.05, 4.69) is 212 Å². The molecule has 3 heteroatoms. The highest BCUT2D eigenvalue weighted by Crippen LogP contribution is 2.63. The Morgan fingerprint density at radius 3 is 1.61 bits per heavy atom. The zero-order valence-corrected chi connectivity index (χ0v) is 34.6. The largest absolute Gasteiger partial charge is 0.256 e. The molecule has 2 nitrogen and oxygen atoms in total. The van der Waals surface area contributed by atoms with E-state index in [4.69, 9.17) is 9.97 Å². The first kappa shape index (κ1) is 35.3. The molecule has 0 aliphatic heterocycles. The summed E-state index contributed by atoms with van der Waals surface area (Å²) >= 11 is 0. The molecule has 1 spiro atoms. The Hall–Kier alpha value is -7.51. The molecule has 9 aromatic carbocycles.